The number of fused-ring (bicyclic) bond motifs is 1. The molecule has 0 bridgehead atoms. The van der Waals surface area contributed by atoms with Gasteiger partial charge in [0.2, 0.25) is 0 Å². The summed E-state index contributed by atoms with van der Waals surface area (Å²) in [5, 5.41) is 2.08. The second kappa shape index (κ2) is 5.93. The van der Waals surface area contributed by atoms with Crippen molar-refractivity contribution in [3.63, 3.8) is 0 Å². The van der Waals surface area contributed by atoms with Crippen LogP contribution in [0, 0.1) is 5.82 Å². The molecular formula is C16H10FNO2S. The summed E-state index contributed by atoms with van der Waals surface area (Å²) in [6.45, 7) is 0. The van der Waals surface area contributed by atoms with E-state index in [9.17, 15) is 9.18 Å². The number of nitrogens with zero attached hydrogens (tertiary/aromatic N) is 1. The van der Waals surface area contributed by atoms with Crippen molar-refractivity contribution in [2.24, 2.45) is 0 Å². The Kier molecular flexibility index (Phi) is 3.83. The molecule has 3 nitrogen and oxygen atoms in total. The molecule has 2 aromatic carbocycles. The van der Waals surface area contributed by atoms with Crippen molar-refractivity contribution < 1.29 is 13.6 Å². The van der Waals surface area contributed by atoms with Crippen LogP contribution in [0.1, 0.15) is 10.4 Å². The maximum absolute atomic E-state index is 12.8. The number of para-hydroxylation sites is 2. The van der Waals surface area contributed by atoms with Gasteiger partial charge in [-0.15, -0.1) is 0 Å². The number of hydrogen-bond donors (Lipinski definition) is 0. The van der Waals surface area contributed by atoms with E-state index < -0.39 is 0 Å². The zero-order valence-corrected chi connectivity index (χ0v) is 11.6. The van der Waals surface area contributed by atoms with Gasteiger partial charge in [-0.25, -0.2) is 9.37 Å². The second-order valence-corrected chi connectivity index (χ2v) is 5.10. The molecule has 0 aliphatic carbocycles. The Morgan fingerprint density at radius 1 is 1.14 bits per heavy atom. The monoisotopic (exact) mass is 299 g/mol. The Morgan fingerprint density at radius 2 is 1.90 bits per heavy atom. The van der Waals surface area contributed by atoms with Crippen molar-refractivity contribution in [1.82, 2.24) is 4.98 Å². The van der Waals surface area contributed by atoms with Crippen LogP contribution in [-0.4, -0.2) is 10.8 Å². The first-order valence-electron chi connectivity index (χ1n) is 6.21. The number of carbonyl (C=O) groups is 1. The Labute approximate surface area is 124 Å². The molecule has 1 heterocycles. The van der Waals surface area contributed by atoms with Gasteiger partial charge in [0.1, 0.15) is 11.3 Å². The number of allylic oxidation sites excluding steroid dienone is 1. The molecule has 0 aliphatic heterocycles. The van der Waals surface area contributed by atoms with Gasteiger partial charge in [0.05, 0.1) is 0 Å². The van der Waals surface area contributed by atoms with Gasteiger partial charge >= 0.3 is 0 Å². The highest BCUT2D eigenvalue weighted by atomic mass is 32.2. The molecule has 0 saturated carbocycles. The quantitative estimate of drug-likeness (QED) is 0.405. The first kappa shape index (κ1) is 13.6. The number of ketones is 1. The third-order valence-corrected chi connectivity index (χ3v) is 3.44. The Hall–Kier alpha value is -2.40. The van der Waals surface area contributed by atoms with Crippen molar-refractivity contribution in [3.8, 4) is 0 Å². The summed E-state index contributed by atoms with van der Waals surface area (Å²) >= 11 is 1.22. The summed E-state index contributed by atoms with van der Waals surface area (Å²) in [6, 6.07) is 12.9. The summed E-state index contributed by atoms with van der Waals surface area (Å²) in [7, 11) is 0. The minimum atomic E-state index is -0.364. The van der Waals surface area contributed by atoms with Crippen LogP contribution < -0.4 is 0 Å². The van der Waals surface area contributed by atoms with E-state index in [-0.39, 0.29) is 11.6 Å². The van der Waals surface area contributed by atoms with E-state index in [4.69, 9.17) is 4.42 Å². The first-order valence-corrected chi connectivity index (χ1v) is 7.09. The van der Waals surface area contributed by atoms with E-state index in [1.165, 1.54) is 42.1 Å². The predicted octanol–water partition coefficient (Wildman–Crippen LogP) is 4.46. The molecule has 0 saturated heterocycles. The van der Waals surface area contributed by atoms with Gasteiger partial charge in [-0.05, 0) is 59.6 Å². The maximum Gasteiger partial charge on any atom is 0.261 e. The van der Waals surface area contributed by atoms with Gasteiger partial charge in [-0.1, -0.05) is 12.1 Å². The van der Waals surface area contributed by atoms with E-state index in [1.54, 1.807) is 5.41 Å². The van der Waals surface area contributed by atoms with Crippen LogP contribution >= 0.6 is 11.8 Å². The minimum absolute atomic E-state index is 0.196. The molecule has 3 rings (SSSR count). The Bertz CT molecular complexity index is 776. The van der Waals surface area contributed by atoms with Gasteiger partial charge in [0.25, 0.3) is 5.22 Å². The highest BCUT2D eigenvalue weighted by Gasteiger charge is 2.05. The number of thioether (sulfide) groups is 1. The number of oxazole rings is 1. The second-order valence-electron chi connectivity index (χ2n) is 4.24. The van der Waals surface area contributed by atoms with Crippen LogP contribution in [0.4, 0.5) is 4.39 Å². The number of benzene rings is 2. The molecule has 0 N–H and O–H groups in total. The molecule has 0 fully saturated rings. The third-order valence-electron chi connectivity index (χ3n) is 2.79. The summed E-state index contributed by atoms with van der Waals surface area (Å²) < 4.78 is 18.3. The molecule has 104 valence electrons. The zero-order valence-electron chi connectivity index (χ0n) is 10.8. The van der Waals surface area contributed by atoms with Crippen LogP contribution in [0.25, 0.3) is 11.1 Å². The lowest BCUT2D eigenvalue weighted by molar-refractivity contribution is 0.104. The molecule has 0 spiro atoms. The molecule has 0 amide bonds. The molecule has 0 radical (unpaired) electrons. The fraction of sp³-hybridized carbons (Fsp3) is 0. The number of hydrogen-bond acceptors (Lipinski definition) is 4. The van der Waals surface area contributed by atoms with Gasteiger partial charge < -0.3 is 4.42 Å². The smallest absolute Gasteiger partial charge is 0.261 e. The first-order chi connectivity index (χ1) is 10.2. The highest BCUT2D eigenvalue weighted by Crippen LogP contribution is 2.23. The van der Waals surface area contributed by atoms with Gasteiger partial charge in [-0.2, -0.15) is 0 Å². The molecule has 5 heteroatoms. The van der Waals surface area contributed by atoms with Crippen molar-refractivity contribution in [2.45, 2.75) is 5.22 Å². The van der Waals surface area contributed by atoms with Crippen LogP contribution in [0.15, 0.2) is 69.7 Å². The Morgan fingerprint density at radius 3 is 2.67 bits per heavy atom. The van der Waals surface area contributed by atoms with E-state index >= 15 is 0 Å². The number of carbonyl (C=O) groups excluding carboxylic acids is 1. The fourth-order valence-electron chi connectivity index (χ4n) is 1.77. The molecule has 0 aliphatic rings. The third kappa shape index (κ3) is 3.20. The van der Waals surface area contributed by atoms with E-state index in [0.29, 0.717) is 16.4 Å². The van der Waals surface area contributed by atoms with Crippen molar-refractivity contribution in [2.75, 3.05) is 0 Å². The average molecular weight is 299 g/mol. The highest BCUT2D eigenvalue weighted by molar-refractivity contribution is 8.01. The molecule has 3 aromatic rings. The van der Waals surface area contributed by atoms with Crippen LogP contribution in [0.3, 0.4) is 0 Å². The fourth-order valence-corrected chi connectivity index (χ4v) is 2.36. The largest absolute Gasteiger partial charge is 0.431 e. The van der Waals surface area contributed by atoms with Crippen molar-refractivity contribution >= 4 is 28.6 Å². The molecule has 21 heavy (non-hydrogen) atoms. The van der Waals surface area contributed by atoms with E-state index in [2.05, 4.69) is 4.98 Å². The van der Waals surface area contributed by atoms with Crippen molar-refractivity contribution in [1.29, 1.82) is 0 Å². The predicted molar refractivity (Wildman–Crippen MR) is 79.7 cm³/mol. The van der Waals surface area contributed by atoms with E-state index in [0.717, 1.165) is 5.52 Å². The lowest BCUT2D eigenvalue weighted by Crippen LogP contribution is -1.93. The number of aromatic nitrogens is 1. The van der Waals surface area contributed by atoms with Gasteiger partial charge in [-0.3, -0.25) is 4.79 Å². The summed E-state index contributed by atoms with van der Waals surface area (Å²) in [5.41, 5.74) is 1.92. The standard InChI is InChI=1S/C16H10FNO2S/c17-12-7-5-11(6-8-12)14(19)9-10-21-16-18-13-3-1-2-4-15(13)20-16/h1-10H/b10-9+. The van der Waals surface area contributed by atoms with E-state index in [1.807, 2.05) is 24.3 Å². The summed E-state index contributed by atoms with van der Waals surface area (Å²) in [4.78, 5) is 16.1. The SMILES string of the molecule is O=C(/C=C/Sc1nc2ccccc2o1)c1ccc(F)cc1. The molecule has 1 aromatic heterocycles. The minimum Gasteiger partial charge on any atom is -0.431 e. The average Bonchev–Trinajstić information content (AvgIpc) is 2.90. The number of rotatable bonds is 4. The molecular weight excluding hydrogens is 289 g/mol. The van der Waals surface area contributed by atoms with Crippen LogP contribution in [0.5, 0.6) is 0 Å². The summed E-state index contributed by atoms with van der Waals surface area (Å²) in [6.07, 6.45) is 1.41. The number of halogens is 1. The van der Waals surface area contributed by atoms with Gasteiger partial charge in [0, 0.05) is 5.56 Å². The molecule has 0 atom stereocenters. The zero-order chi connectivity index (χ0) is 14.7. The Balaban J connectivity index is 1.68. The lowest BCUT2D eigenvalue weighted by atomic mass is 10.1. The van der Waals surface area contributed by atoms with Crippen LogP contribution in [0.2, 0.25) is 0 Å². The van der Waals surface area contributed by atoms with Gasteiger partial charge in [0.15, 0.2) is 11.4 Å². The maximum atomic E-state index is 12.8. The van der Waals surface area contributed by atoms with Crippen molar-refractivity contribution in [3.05, 3.63) is 71.4 Å². The lowest BCUT2D eigenvalue weighted by Gasteiger charge is -1.94. The topological polar surface area (TPSA) is 43.1 Å². The summed E-state index contributed by atoms with van der Waals surface area (Å²) in [5.74, 6) is -0.560. The molecule has 0 unspecified atom stereocenters. The normalized spacial score (nSPS) is 11.3. The van der Waals surface area contributed by atoms with Crippen LogP contribution in [-0.2, 0) is 0 Å².